The molecular formula is C28H24N2O4. The molecule has 34 heavy (non-hydrogen) atoms. The summed E-state index contributed by atoms with van der Waals surface area (Å²) < 4.78 is 10.3. The second-order valence-electron chi connectivity index (χ2n) is 7.53. The lowest BCUT2D eigenvalue weighted by atomic mass is 10.0. The van der Waals surface area contributed by atoms with E-state index in [1.54, 1.807) is 62.8 Å². The standard InChI is InChI=1S/C28H24N2O4/c1-33-25-7-3-5-21(17-25)27(31)29-23-13-9-19(10-14-23)20-11-15-24(16-12-20)30-28(32)22-6-4-8-26(18-22)34-2/h3-18H,1-2H3,(H,29,31)(H,30,32). The summed E-state index contributed by atoms with van der Waals surface area (Å²) in [6.45, 7) is 0. The molecule has 4 rings (SSSR count). The van der Waals surface area contributed by atoms with Crippen molar-refractivity contribution >= 4 is 23.2 Å². The van der Waals surface area contributed by atoms with Crippen molar-refractivity contribution in [3.05, 3.63) is 108 Å². The van der Waals surface area contributed by atoms with Crippen LogP contribution in [0.25, 0.3) is 11.1 Å². The summed E-state index contributed by atoms with van der Waals surface area (Å²) in [5.41, 5.74) is 4.41. The summed E-state index contributed by atoms with van der Waals surface area (Å²) in [6, 6.07) is 29.2. The third kappa shape index (κ3) is 5.42. The van der Waals surface area contributed by atoms with Crippen LogP contribution in [-0.2, 0) is 0 Å². The smallest absolute Gasteiger partial charge is 0.255 e. The van der Waals surface area contributed by atoms with Crippen molar-refractivity contribution in [2.45, 2.75) is 0 Å². The van der Waals surface area contributed by atoms with Crippen LogP contribution in [0, 0.1) is 0 Å². The molecule has 0 fully saturated rings. The van der Waals surface area contributed by atoms with Crippen LogP contribution >= 0.6 is 0 Å². The van der Waals surface area contributed by atoms with Gasteiger partial charge >= 0.3 is 0 Å². The Morgan fingerprint density at radius 1 is 0.559 bits per heavy atom. The lowest BCUT2D eigenvalue weighted by Gasteiger charge is -2.09. The topological polar surface area (TPSA) is 76.7 Å². The molecule has 4 aromatic rings. The zero-order valence-corrected chi connectivity index (χ0v) is 18.9. The van der Waals surface area contributed by atoms with Crippen LogP contribution in [-0.4, -0.2) is 26.0 Å². The number of carbonyl (C=O) groups is 2. The van der Waals surface area contributed by atoms with Gasteiger partial charge in [-0.25, -0.2) is 0 Å². The molecule has 0 aliphatic rings. The average Bonchev–Trinajstić information content (AvgIpc) is 2.89. The van der Waals surface area contributed by atoms with Gasteiger partial charge in [-0.3, -0.25) is 9.59 Å². The van der Waals surface area contributed by atoms with E-state index in [0.29, 0.717) is 34.0 Å². The highest BCUT2D eigenvalue weighted by atomic mass is 16.5. The van der Waals surface area contributed by atoms with Gasteiger partial charge in [0.25, 0.3) is 11.8 Å². The number of nitrogens with one attached hydrogen (secondary N) is 2. The molecule has 0 aromatic heterocycles. The third-order valence-electron chi connectivity index (χ3n) is 5.28. The Hall–Kier alpha value is -4.58. The number of anilines is 2. The van der Waals surface area contributed by atoms with Gasteiger partial charge in [0.1, 0.15) is 11.5 Å². The molecule has 0 heterocycles. The Morgan fingerprint density at radius 2 is 0.941 bits per heavy atom. The molecule has 6 nitrogen and oxygen atoms in total. The van der Waals surface area contributed by atoms with Crippen molar-refractivity contribution in [1.29, 1.82) is 0 Å². The maximum atomic E-state index is 12.5. The van der Waals surface area contributed by atoms with E-state index in [1.165, 1.54) is 0 Å². The fourth-order valence-electron chi connectivity index (χ4n) is 3.43. The van der Waals surface area contributed by atoms with Gasteiger partial charge < -0.3 is 20.1 Å². The van der Waals surface area contributed by atoms with E-state index < -0.39 is 0 Å². The van der Waals surface area contributed by atoms with E-state index in [1.807, 2.05) is 48.5 Å². The van der Waals surface area contributed by atoms with Crippen LogP contribution in [0.4, 0.5) is 11.4 Å². The molecular weight excluding hydrogens is 428 g/mol. The summed E-state index contributed by atoms with van der Waals surface area (Å²) in [6.07, 6.45) is 0. The minimum atomic E-state index is -0.206. The first-order valence-corrected chi connectivity index (χ1v) is 10.7. The molecule has 0 aliphatic carbocycles. The number of rotatable bonds is 7. The molecule has 2 N–H and O–H groups in total. The Labute approximate surface area is 198 Å². The van der Waals surface area contributed by atoms with Crippen LogP contribution in [0.15, 0.2) is 97.1 Å². The molecule has 0 unspecified atom stereocenters. The predicted octanol–water partition coefficient (Wildman–Crippen LogP) is 5.88. The first kappa shape index (κ1) is 22.6. The molecule has 6 heteroatoms. The van der Waals surface area contributed by atoms with Crippen LogP contribution in [0.2, 0.25) is 0 Å². The van der Waals surface area contributed by atoms with Crippen molar-refractivity contribution in [1.82, 2.24) is 0 Å². The normalized spacial score (nSPS) is 10.3. The second-order valence-corrected chi connectivity index (χ2v) is 7.53. The van der Waals surface area contributed by atoms with Gasteiger partial charge in [-0.15, -0.1) is 0 Å². The molecule has 0 spiro atoms. The molecule has 0 saturated carbocycles. The number of amides is 2. The van der Waals surface area contributed by atoms with E-state index in [0.717, 1.165) is 11.1 Å². The molecule has 0 atom stereocenters. The number of benzene rings is 4. The summed E-state index contributed by atoms with van der Waals surface area (Å²) in [5.74, 6) is 0.850. The second kappa shape index (κ2) is 10.4. The van der Waals surface area contributed by atoms with Crippen molar-refractivity contribution in [2.75, 3.05) is 24.9 Å². The Morgan fingerprint density at radius 3 is 1.29 bits per heavy atom. The Bertz CT molecular complexity index is 1200. The highest BCUT2D eigenvalue weighted by Crippen LogP contribution is 2.24. The van der Waals surface area contributed by atoms with Gasteiger partial charge in [0, 0.05) is 22.5 Å². The van der Waals surface area contributed by atoms with Gasteiger partial charge in [-0.1, -0.05) is 36.4 Å². The minimum Gasteiger partial charge on any atom is -0.497 e. The maximum Gasteiger partial charge on any atom is 0.255 e. The molecule has 4 aromatic carbocycles. The van der Waals surface area contributed by atoms with Crippen LogP contribution in [0.1, 0.15) is 20.7 Å². The molecule has 170 valence electrons. The first-order valence-electron chi connectivity index (χ1n) is 10.7. The largest absolute Gasteiger partial charge is 0.497 e. The van der Waals surface area contributed by atoms with Gasteiger partial charge in [0.05, 0.1) is 14.2 Å². The Kier molecular flexibility index (Phi) is 6.89. The highest BCUT2D eigenvalue weighted by Gasteiger charge is 2.09. The molecule has 0 saturated heterocycles. The fraction of sp³-hybridized carbons (Fsp3) is 0.0714. The molecule has 2 amide bonds. The van der Waals surface area contributed by atoms with Gasteiger partial charge in [-0.2, -0.15) is 0 Å². The summed E-state index contributed by atoms with van der Waals surface area (Å²) in [5, 5.41) is 5.78. The average molecular weight is 453 g/mol. The third-order valence-corrected chi connectivity index (χ3v) is 5.28. The molecule has 0 radical (unpaired) electrons. The zero-order valence-electron chi connectivity index (χ0n) is 18.9. The summed E-state index contributed by atoms with van der Waals surface area (Å²) in [4.78, 5) is 25.0. The fourth-order valence-corrected chi connectivity index (χ4v) is 3.43. The van der Waals surface area contributed by atoms with Crippen molar-refractivity contribution < 1.29 is 19.1 Å². The van der Waals surface area contributed by atoms with E-state index in [9.17, 15) is 9.59 Å². The number of methoxy groups -OCH3 is 2. The Balaban J connectivity index is 1.40. The summed E-state index contributed by atoms with van der Waals surface area (Å²) in [7, 11) is 3.13. The van der Waals surface area contributed by atoms with Crippen molar-refractivity contribution in [3.63, 3.8) is 0 Å². The van der Waals surface area contributed by atoms with E-state index in [-0.39, 0.29) is 11.8 Å². The quantitative estimate of drug-likeness (QED) is 0.367. The lowest BCUT2D eigenvalue weighted by molar-refractivity contribution is 0.101. The predicted molar refractivity (Wildman–Crippen MR) is 134 cm³/mol. The van der Waals surface area contributed by atoms with Crippen molar-refractivity contribution in [2.24, 2.45) is 0 Å². The number of ether oxygens (including phenoxy) is 2. The maximum absolute atomic E-state index is 12.5. The SMILES string of the molecule is COc1cccc(C(=O)Nc2ccc(-c3ccc(NC(=O)c4cccc(OC)c4)cc3)cc2)c1. The number of hydrogen-bond donors (Lipinski definition) is 2. The van der Waals surface area contributed by atoms with Crippen LogP contribution in [0.3, 0.4) is 0 Å². The van der Waals surface area contributed by atoms with Gasteiger partial charge in [-0.05, 0) is 71.8 Å². The van der Waals surface area contributed by atoms with Crippen LogP contribution in [0.5, 0.6) is 11.5 Å². The minimum absolute atomic E-state index is 0.206. The zero-order chi connectivity index (χ0) is 23.9. The van der Waals surface area contributed by atoms with Crippen LogP contribution < -0.4 is 20.1 Å². The lowest BCUT2D eigenvalue weighted by Crippen LogP contribution is -2.12. The molecule has 0 bridgehead atoms. The summed E-state index contributed by atoms with van der Waals surface area (Å²) >= 11 is 0. The molecule has 0 aliphatic heterocycles. The van der Waals surface area contributed by atoms with E-state index in [4.69, 9.17) is 9.47 Å². The van der Waals surface area contributed by atoms with Gasteiger partial charge in [0.2, 0.25) is 0 Å². The monoisotopic (exact) mass is 452 g/mol. The van der Waals surface area contributed by atoms with Gasteiger partial charge in [0.15, 0.2) is 0 Å². The van der Waals surface area contributed by atoms with E-state index >= 15 is 0 Å². The number of hydrogen-bond acceptors (Lipinski definition) is 4. The first-order chi connectivity index (χ1) is 16.6. The van der Waals surface area contributed by atoms with E-state index in [2.05, 4.69) is 10.6 Å². The highest BCUT2D eigenvalue weighted by molar-refractivity contribution is 6.05. The van der Waals surface area contributed by atoms with Crippen molar-refractivity contribution in [3.8, 4) is 22.6 Å². The number of carbonyl (C=O) groups excluding carboxylic acids is 2.